The molecule has 0 unspecified atom stereocenters. The molecule has 0 aliphatic carbocycles. The molecule has 0 atom stereocenters. The van der Waals surface area contributed by atoms with Gasteiger partial charge in [0.15, 0.2) is 0 Å². The first-order valence-electron chi connectivity index (χ1n) is 6.51. The van der Waals surface area contributed by atoms with Crippen LogP contribution in [0.3, 0.4) is 0 Å². The number of aryl methyl sites for hydroxylation is 1. The number of hydrogen-bond acceptors (Lipinski definition) is 4. The summed E-state index contributed by atoms with van der Waals surface area (Å²) in [5.74, 6) is 5.98. The molecule has 0 radical (unpaired) electrons. The molecule has 0 spiro atoms. The second-order valence-electron chi connectivity index (χ2n) is 4.06. The minimum absolute atomic E-state index is 0.500. The number of nitrogens with two attached hydrogens (primary N) is 1. The van der Waals surface area contributed by atoms with Gasteiger partial charge in [0.2, 0.25) is 5.96 Å². The number of guanidine groups is 1. The summed E-state index contributed by atoms with van der Waals surface area (Å²) in [5, 5.41) is 3.12. The Bertz CT molecular complexity index is 394. The number of rotatable bonds is 7. The lowest BCUT2D eigenvalue weighted by Crippen LogP contribution is -2.42. The molecule has 0 aliphatic heterocycles. The molecule has 1 heterocycles. The molecule has 1 aromatic heterocycles. The number of hydrogen-bond donors (Lipinski definition) is 3. The highest BCUT2D eigenvalue weighted by molar-refractivity contribution is 5.79. The number of aliphatic imine (C=N–C) groups is 1. The van der Waals surface area contributed by atoms with Gasteiger partial charge in [-0.05, 0) is 32.4 Å². The molecule has 0 bridgehead atoms. The molecule has 4 N–H and O–H groups in total. The molecular weight excluding hydrogens is 242 g/mol. The molecule has 1 rings (SSSR count). The van der Waals surface area contributed by atoms with Crippen LogP contribution >= 0.6 is 0 Å². The fourth-order valence-electron chi connectivity index (χ4n) is 1.53. The Morgan fingerprint density at radius 2 is 2.32 bits per heavy atom. The van der Waals surface area contributed by atoms with Gasteiger partial charge in [0, 0.05) is 25.5 Å². The summed E-state index contributed by atoms with van der Waals surface area (Å²) in [7, 11) is 0. The first-order chi connectivity index (χ1) is 9.26. The molecule has 106 valence electrons. The zero-order chi connectivity index (χ0) is 13.9. The Balaban J connectivity index is 2.35. The van der Waals surface area contributed by atoms with E-state index < -0.39 is 0 Å². The maximum atomic E-state index is 5.41. The summed E-state index contributed by atoms with van der Waals surface area (Å²) in [6.07, 6.45) is 0.914. The minimum Gasteiger partial charge on any atom is -0.382 e. The van der Waals surface area contributed by atoms with E-state index in [9.17, 15) is 0 Å². The van der Waals surface area contributed by atoms with Crippen LogP contribution in [-0.4, -0.2) is 30.7 Å². The Labute approximate surface area is 114 Å². The lowest BCUT2D eigenvalue weighted by atomic mass is 10.3. The topological polar surface area (TPSA) is 84.6 Å². The highest BCUT2D eigenvalue weighted by Gasteiger charge is 1.97. The van der Waals surface area contributed by atoms with Crippen LogP contribution in [0, 0.1) is 6.92 Å². The van der Waals surface area contributed by atoms with E-state index in [4.69, 9.17) is 10.6 Å². The molecule has 6 nitrogen and oxygen atoms in total. The van der Waals surface area contributed by atoms with Crippen LogP contribution in [0.1, 0.15) is 24.7 Å². The largest absolute Gasteiger partial charge is 0.382 e. The van der Waals surface area contributed by atoms with Crippen LogP contribution in [0.2, 0.25) is 0 Å². The Morgan fingerprint density at radius 3 is 3.00 bits per heavy atom. The third kappa shape index (κ3) is 6.73. The van der Waals surface area contributed by atoms with E-state index in [0.717, 1.165) is 37.6 Å². The summed E-state index contributed by atoms with van der Waals surface area (Å²) in [5.41, 5.74) is 4.45. The van der Waals surface area contributed by atoms with E-state index in [0.29, 0.717) is 12.5 Å². The highest BCUT2D eigenvalue weighted by Crippen LogP contribution is 1.99. The van der Waals surface area contributed by atoms with Crippen molar-refractivity contribution >= 4 is 5.96 Å². The van der Waals surface area contributed by atoms with Gasteiger partial charge in [0.1, 0.15) is 0 Å². The van der Waals surface area contributed by atoms with Crippen LogP contribution in [0.4, 0.5) is 0 Å². The number of hydrazine groups is 1. The molecule has 19 heavy (non-hydrogen) atoms. The fraction of sp³-hybridized carbons (Fsp3) is 0.538. The second kappa shape index (κ2) is 9.29. The van der Waals surface area contributed by atoms with Gasteiger partial charge >= 0.3 is 0 Å². The molecular formula is C13H23N5O. The zero-order valence-corrected chi connectivity index (χ0v) is 11.6. The Kier molecular flexibility index (Phi) is 7.53. The summed E-state index contributed by atoms with van der Waals surface area (Å²) in [4.78, 5) is 8.71. The van der Waals surface area contributed by atoms with Crippen LogP contribution in [-0.2, 0) is 11.3 Å². The third-order valence-corrected chi connectivity index (χ3v) is 2.44. The van der Waals surface area contributed by atoms with Gasteiger partial charge in [-0.2, -0.15) is 0 Å². The molecule has 1 aromatic rings. The summed E-state index contributed by atoms with van der Waals surface area (Å²) >= 11 is 0. The molecule has 0 saturated heterocycles. The average molecular weight is 265 g/mol. The van der Waals surface area contributed by atoms with Crippen molar-refractivity contribution in [1.29, 1.82) is 0 Å². The number of ether oxygens (including phenoxy) is 1. The molecule has 6 heteroatoms. The van der Waals surface area contributed by atoms with Crippen molar-refractivity contribution in [2.24, 2.45) is 10.8 Å². The smallest absolute Gasteiger partial charge is 0.206 e. The number of nitrogens with one attached hydrogen (secondary N) is 2. The number of pyridine rings is 1. The van der Waals surface area contributed by atoms with Crippen molar-refractivity contribution in [1.82, 2.24) is 15.7 Å². The normalized spacial score (nSPS) is 11.4. The third-order valence-electron chi connectivity index (χ3n) is 2.44. The van der Waals surface area contributed by atoms with Crippen molar-refractivity contribution in [3.05, 3.63) is 29.6 Å². The maximum absolute atomic E-state index is 5.41. The predicted octanol–water partition coefficient (Wildman–Crippen LogP) is 0.726. The van der Waals surface area contributed by atoms with Crippen molar-refractivity contribution in [3.8, 4) is 0 Å². The summed E-state index contributed by atoms with van der Waals surface area (Å²) in [6.45, 7) is 6.69. The molecule has 0 amide bonds. The van der Waals surface area contributed by atoms with E-state index in [-0.39, 0.29) is 0 Å². The molecule has 0 aliphatic rings. The maximum Gasteiger partial charge on any atom is 0.206 e. The van der Waals surface area contributed by atoms with E-state index in [1.165, 1.54) is 0 Å². The lowest BCUT2D eigenvalue weighted by Gasteiger charge is -2.09. The van der Waals surface area contributed by atoms with Crippen LogP contribution in [0.5, 0.6) is 0 Å². The van der Waals surface area contributed by atoms with Gasteiger partial charge in [-0.15, -0.1) is 0 Å². The van der Waals surface area contributed by atoms with Crippen molar-refractivity contribution in [2.75, 3.05) is 19.8 Å². The molecule has 0 saturated carbocycles. The van der Waals surface area contributed by atoms with Gasteiger partial charge in [-0.3, -0.25) is 10.4 Å². The lowest BCUT2D eigenvalue weighted by molar-refractivity contribution is 0.145. The first kappa shape index (κ1) is 15.4. The van der Waals surface area contributed by atoms with Crippen molar-refractivity contribution in [2.45, 2.75) is 26.8 Å². The molecule has 0 aromatic carbocycles. The van der Waals surface area contributed by atoms with Crippen LogP contribution in [0.15, 0.2) is 23.2 Å². The second-order valence-corrected chi connectivity index (χ2v) is 4.06. The monoisotopic (exact) mass is 265 g/mol. The van der Waals surface area contributed by atoms with E-state index in [1.54, 1.807) is 0 Å². The summed E-state index contributed by atoms with van der Waals surface area (Å²) in [6, 6.07) is 5.87. The van der Waals surface area contributed by atoms with Gasteiger partial charge in [0.05, 0.1) is 12.2 Å². The first-order valence-corrected chi connectivity index (χ1v) is 6.51. The highest BCUT2D eigenvalue weighted by atomic mass is 16.5. The van der Waals surface area contributed by atoms with Crippen molar-refractivity contribution < 1.29 is 4.74 Å². The predicted molar refractivity (Wildman–Crippen MR) is 76.5 cm³/mol. The van der Waals surface area contributed by atoms with E-state index in [1.807, 2.05) is 32.0 Å². The standard InChI is InChI=1S/C13H23N5O/c1-3-19-9-5-8-15-13(18-14)16-10-12-7-4-6-11(2)17-12/h4,6-7H,3,5,8-10,14H2,1-2H3,(H2,15,16,18). The zero-order valence-electron chi connectivity index (χ0n) is 11.6. The Morgan fingerprint density at radius 1 is 1.47 bits per heavy atom. The Hall–Kier alpha value is -1.66. The van der Waals surface area contributed by atoms with Gasteiger partial charge in [-0.1, -0.05) is 6.07 Å². The van der Waals surface area contributed by atoms with E-state index in [2.05, 4.69) is 20.7 Å². The SMILES string of the molecule is CCOCCCNC(=NCc1cccc(C)n1)NN. The summed E-state index contributed by atoms with van der Waals surface area (Å²) < 4.78 is 5.25. The minimum atomic E-state index is 0.500. The fourth-order valence-corrected chi connectivity index (χ4v) is 1.53. The van der Waals surface area contributed by atoms with Crippen LogP contribution in [0.25, 0.3) is 0 Å². The van der Waals surface area contributed by atoms with Gasteiger partial charge in [-0.25, -0.2) is 10.8 Å². The van der Waals surface area contributed by atoms with Gasteiger partial charge < -0.3 is 10.1 Å². The van der Waals surface area contributed by atoms with Crippen molar-refractivity contribution in [3.63, 3.8) is 0 Å². The van der Waals surface area contributed by atoms with Crippen LogP contribution < -0.4 is 16.6 Å². The van der Waals surface area contributed by atoms with Gasteiger partial charge in [0.25, 0.3) is 0 Å². The van der Waals surface area contributed by atoms with E-state index >= 15 is 0 Å². The number of nitrogens with zero attached hydrogens (tertiary/aromatic N) is 2. The molecule has 0 fully saturated rings. The quantitative estimate of drug-likeness (QED) is 0.222. The number of aromatic nitrogens is 1. The average Bonchev–Trinajstić information content (AvgIpc) is 2.42.